The van der Waals surface area contributed by atoms with Crippen LogP contribution in [0.25, 0.3) is 0 Å². The Morgan fingerprint density at radius 3 is 2.71 bits per heavy atom. The minimum Gasteiger partial charge on any atom is -0.358 e. The van der Waals surface area contributed by atoms with Crippen LogP contribution < -0.4 is 5.32 Å². The molecule has 1 unspecified atom stereocenters. The number of rotatable bonds is 4. The molecule has 1 heterocycles. The van der Waals surface area contributed by atoms with Gasteiger partial charge in [-0.2, -0.15) is 5.26 Å². The number of nitriles is 1. The van der Waals surface area contributed by atoms with Crippen molar-refractivity contribution in [2.75, 3.05) is 5.32 Å². The maximum Gasteiger partial charge on any atom is 0.328 e. The summed E-state index contributed by atoms with van der Waals surface area (Å²) in [5.74, 6) is 0.106. The SMILES string of the molecule is Cc1ccccc1C(C)Nc1nccc(C#N)c1[N+](=O)[O-]. The largest absolute Gasteiger partial charge is 0.358 e. The maximum absolute atomic E-state index is 11.2. The van der Waals surface area contributed by atoms with E-state index < -0.39 is 4.92 Å². The molecule has 0 fully saturated rings. The molecule has 6 heteroatoms. The summed E-state index contributed by atoms with van der Waals surface area (Å²) in [7, 11) is 0. The molecule has 2 rings (SSSR count). The van der Waals surface area contributed by atoms with E-state index in [1.165, 1.54) is 12.3 Å². The average molecular weight is 282 g/mol. The molecular formula is C15H14N4O2. The van der Waals surface area contributed by atoms with Crippen molar-refractivity contribution in [3.8, 4) is 6.07 Å². The number of benzene rings is 1. The van der Waals surface area contributed by atoms with Gasteiger partial charge < -0.3 is 5.32 Å². The van der Waals surface area contributed by atoms with Crippen molar-refractivity contribution in [2.24, 2.45) is 0 Å². The van der Waals surface area contributed by atoms with Crippen molar-refractivity contribution < 1.29 is 4.92 Å². The van der Waals surface area contributed by atoms with Crippen molar-refractivity contribution in [1.82, 2.24) is 4.98 Å². The van der Waals surface area contributed by atoms with E-state index in [1.54, 1.807) is 0 Å². The maximum atomic E-state index is 11.2. The van der Waals surface area contributed by atoms with E-state index in [2.05, 4.69) is 10.3 Å². The lowest BCUT2D eigenvalue weighted by atomic mass is 10.0. The highest BCUT2D eigenvalue weighted by atomic mass is 16.6. The minimum atomic E-state index is -0.585. The van der Waals surface area contributed by atoms with Gasteiger partial charge in [0.25, 0.3) is 0 Å². The summed E-state index contributed by atoms with van der Waals surface area (Å²) in [4.78, 5) is 14.6. The third kappa shape index (κ3) is 2.98. The number of nitrogens with zero attached hydrogens (tertiary/aromatic N) is 3. The first-order chi connectivity index (χ1) is 10.0. The third-order valence-corrected chi connectivity index (χ3v) is 3.24. The average Bonchev–Trinajstić information content (AvgIpc) is 2.46. The second-order valence-corrected chi connectivity index (χ2v) is 4.65. The Hall–Kier alpha value is -2.94. The van der Waals surface area contributed by atoms with Crippen molar-refractivity contribution >= 4 is 11.5 Å². The standard InChI is InChI=1S/C15H14N4O2/c1-10-5-3-4-6-13(10)11(2)18-15-14(19(20)21)12(9-16)7-8-17-15/h3-8,11H,1-2H3,(H,17,18). The van der Waals surface area contributed by atoms with E-state index in [9.17, 15) is 10.1 Å². The highest BCUT2D eigenvalue weighted by Crippen LogP contribution is 2.29. The number of pyridine rings is 1. The lowest BCUT2D eigenvalue weighted by Gasteiger charge is -2.17. The summed E-state index contributed by atoms with van der Waals surface area (Å²) in [6.07, 6.45) is 1.39. The highest BCUT2D eigenvalue weighted by molar-refractivity contribution is 5.64. The zero-order chi connectivity index (χ0) is 15.4. The topological polar surface area (TPSA) is 91.8 Å². The van der Waals surface area contributed by atoms with Gasteiger partial charge in [0.1, 0.15) is 11.6 Å². The van der Waals surface area contributed by atoms with Gasteiger partial charge in [-0.1, -0.05) is 24.3 Å². The number of nitro groups is 1. The first kappa shape index (κ1) is 14.5. The van der Waals surface area contributed by atoms with Crippen LogP contribution in [0.2, 0.25) is 0 Å². The molecule has 0 aliphatic heterocycles. The van der Waals surface area contributed by atoms with Crippen LogP contribution in [0.4, 0.5) is 11.5 Å². The van der Waals surface area contributed by atoms with Gasteiger partial charge in [-0.3, -0.25) is 10.1 Å². The lowest BCUT2D eigenvalue weighted by Crippen LogP contribution is -2.11. The van der Waals surface area contributed by atoms with E-state index >= 15 is 0 Å². The molecule has 0 saturated heterocycles. The smallest absolute Gasteiger partial charge is 0.328 e. The molecule has 1 atom stereocenters. The fraction of sp³-hybridized carbons (Fsp3) is 0.200. The molecule has 2 aromatic rings. The predicted octanol–water partition coefficient (Wildman–Crippen LogP) is 3.34. The monoisotopic (exact) mass is 282 g/mol. The third-order valence-electron chi connectivity index (χ3n) is 3.24. The van der Waals surface area contributed by atoms with Crippen molar-refractivity contribution in [3.63, 3.8) is 0 Å². The number of hydrogen-bond acceptors (Lipinski definition) is 5. The zero-order valence-electron chi connectivity index (χ0n) is 11.7. The molecule has 0 saturated carbocycles. The van der Waals surface area contributed by atoms with Gasteiger partial charge in [0.05, 0.1) is 11.0 Å². The first-order valence-corrected chi connectivity index (χ1v) is 6.40. The fourth-order valence-corrected chi connectivity index (χ4v) is 2.19. The summed E-state index contributed by atoms with van der Waals surface area (Å²) < 4.78 is 0. The normalized spacial score (nSPS) is 11.5. The van der Waals surface area contributed by atoms with Gasteiger partial charge in [-0.25, -0.2) is 4.98 Å². The highest BCUT2D eigenvalue weighted by Gasteiger charge is 2.22. The number of anilines is 1. The van der Waals surface area contributed by atoms with E-state index in [-0.39, 0.29) is 23.1 Å². The van der Waals surface area contributed by atoms with Gasteiger partial charge in [0.15, 0.2) is 0 Å². The van der Waals surface area contributed by atoms with Gasteiger partial charge in [-0.05, 0) is 31.0 Å². The molecule has 1 aromatic heterocycles. The number of nitrogens with one attached hydrogen (secondary N) is 1. The molecule has 0 amide bonds. The van der Waals surface area contributed by atoms with Crippen LogP contribution in [0.3, 0.4) is 0 Å². The van der Waals surface area contributed by atoms with Gasteiger partial charge in [-0.15, -0.1) is 0 Å². The van der Waals surface area contributed by atoms with Crippen LogP contribution >= 0.6 is 0 Å². The van der Waals surface area contributed by atoms with Crippen LogP contribution in [0, 0.1) is 28.4 Å². The molecule has 0 bridgehead atoms. The molecule has 1 aromatic carbocycles. The number of aromatic nitrogens is 1. The van der Waals surface area contributed by atoms with Crippen LogP contribution in [0.5, 0.6) is 0 Å². The summed E-state index contributed by atoms with van der Waals surface area (Å²) in [6, 6.07) is 10.8. The Morgan fingerprint density at radius 1 is 1.38 bits per heavy atom. The molecule has 6 nitrogen and oxygen atoms in total. The number of aryl methyl sites for hydroxylation is 1. The summed E-state index contributed by atoms with van der Waals surface area (Å²) in [6.45, 7) is 3.87. The summed E-state index contributed by atoms with van der Waals surface area (Å²) in [5, 5.41) is 23.2. The van der Waals surface area contributed by atoms with E-state index in [0.717, 1.165) is 11.1 Å². The quantitative estimate of drug-likeness (QED) is 0.685. The van der Waals surface area contributed by atoms with Gasteiger partial charge in [0.2, 0.25) is 5.82 Å². The summed E-state index contributed by atoms with van der Waals surface area (Å²) >= 11 is 0. The molecular weight excluding hydrogens is 268 g/mol. The zero-order valence-corrected chi connectivity index (χ0v) is 11.7. The molecule has 0 aliphatic rings. The Morgan fingerprint density at radius 2 is 2.10 bits per heavy atom. The molecule has 0 radical (unpaired) electrons. The molecule has 1 N–H and O–H groups in total. The lowest BCUT2D eigenvalue weighted by molar-refractivity contribution is -0.384. The molecule has 21 heavy (non-hydrogen) atoms. The van der Waals surface area contributed by atoms with Crippen LogP contribution in [0.15, 0.2) is 36.5 Å². The Kier molecular flexibility index (Phi) is 4.14. The molecule has 0 aliphatic carbocycles. The first-order valence-electron chi connectivity index (χ1n) is 6.40. The van der Waals surface area contributed by atoms with Crippen LogP contribution in [0.1, 0.15) is 29.7 Å². The fourth-order valence-electron chi connectivity index (χ4n) is 2.19. The van der Waals surface area contributed by atoms with Crippen molar-refractivity contribution in [3.05, 3.63) is 63.3 Å². The molecule has 106 valence electrons. The van der Waals surface area contributed by atoms with Crippen molar-refractivity contribution in [2.45, 2.75) is 19.9 Å². The molecule has 0 spiro atoms. The second-order valence-electron chi connectivity index (χ2n) is 4.65. The van der Waals surface area contributed by atoms with Crippen LogP contribution in [-0.2, 0) is 0 Å². The second kappa shape index (κ2) is 6.01. The predicted molar refractivity (Wildman–Crippen MR) is 78.8 cm³/mol. The Bertz CT molecular complexity index is 722. The Balaban J connectivity index is 2.39. The van der Waals surface area contributed by atoms with Crippen molar-refractivity contribution in [1.29, 1.82) is 5.26 Å². The van der Waals surface area contributed by atoms with Crippen LogP contribution in [-0.4, -0.2) is 9.91 Å². The van der Waals surface area contributed by atoms with Gasteiger partial charge >= 0.3 is 5.69 Å². The summed E-state index contributed by atoms with van der Waals surface area (Å²) in [5.41, 5.74) is 1.81. The van der Waals surface area contributed by atoms with Gasteiger partial charge in [0, 0.05) is 6.20 Å². The number of hydrogen-bond donors (Lipinski definition) is 1. The minimum absolute atomic E-state index is 0.00511. The Labute approximate surface area is 122 Å². The van der Waals surface area contributed by atoms with E-state index in [4.69, 9.17) is 5.26 Å². The van der Waals surface area contributed by atoms with E-state index in [0.29, 0.717) is 0 Å². The van der Waals surface area contributed by atoms with E-state index in [1.807, 2.05) is 44.2 Å².